The van der Waals surface area contributed by atoms with Gasteiger partial charge in [-0.3, -0.25) is 0 Å². The van der Waals surface area contributed by atoms with Gasteiger partial charge in [-0.05, 0) is 30.8 Å². The monoisotopic (exact) mass is 315 g/mol. The number of aliphatic hydroxyl groups is 1. The third-order valence-corrected chi connectivity index (χ3v) is 4.87. The van der Waals surface area contributed by atoms with Gasteiger partial charge in [0.2, 0.25) is 0 Å². The van der Waals surface area contributed by atoms with Crippen molar-refractivity contribution in [3.05, 3.63) is 29.8 Å². The third-order valence-electron chi connectivity index (χ3n) is 3.16. The maximum atomic E-state index is 12.2. The number of likely N-dealkylation sites (N-methyl/N-ethyl adjacent to an activating group) is 1. The first-order valence-corrected chi connectivity index (χ1v) is 8.23. The summed E-state index contributed by atoms with van der Waals surface area (Å²) in [6, 6.07) is 5.86. The fourth-order valence-corrected chi connectivity index (χ4v) is 3.11. The van der Waals surface area contributed by atoms with Crippen molar-refractivity contribution in [2.45, 2.75) is 11.8 Å². The zero-order valence-corrected chi connectivity index (χ0v) is 12.8. The summed E-state index contributed by atoms with van der Waals surface area (Å²) in [5, 5.41) is 20.3. The number of hydrogen-bond donors (Lipinski definition) is 3. The molecule has 0 aliphatic rings. The predicted octanol–water partition coefficient (Wildman–Crippen LogP) is -0.131. The second-order valence-electron chi connectivity index (χ2n) is 4.49. The Bertz CT molecular complexity index is 570. The smallest absolute Gasteiger partial charge is 0.179 e. The molecule has 21 heavy (non-hydrogen) atoms. The van der Waals surface area contributed by atoms with E-state index < -0.39 is 9.84 Å². The number of benzene rings is 1. The molecule has 0 aromatic heterocycles. The van der Waals surface area contributed by atoms with Crippen molar-refractivity contribution in [3.63, 3.8) is 0 Å². The Morgan fingerprint density at radius 1 is 1.29 bits per heavy atom. The van der Waals surface area contributed by atoms with Crippen molar-refractivity contribution in [2.24, 2.45) is 10.9 Å². The van der Waals surface area contributed by atoms with E-state index >= 15 is 0 Å². The first-order valence-electron chi connectivity index (χ1n) is 6.58. The van der Waals surface area contributed by atoms with Crippen molar-refractivity contribution in [2.75, 3.05) is 32.0 Å². The molecule has 0 spiro atoms. The highest BCUT2D eigenvalue weighted by Crippen LogP contribution is 2.13. The van der Waals surface area contributed by atoms with Crippen LogP contribution >= 0.6 is 0 Å². The molecular formula is C13H21N3O4S. The van der Waals surface area contributed by atoms with Crippen LogP contribution < -0.4 is 5.73 Å². The van der Waals surface area contributed by atoms with Gasteiger partial charge in [-0.1, -0.05) is 12.1 Å². The minimum Gasteiger partial charge on any atom is -0.409 e. The lowest BCUT2D eigenvalue weighted by molar-refractivity contribution is 0.209. The molecule has 0 aliphatic carbocycles. The summed E-state index contributed by atoms with van der Waals surface area (Å²) in [4.78, 5) is 2.06. The average Bonchev–Trinajstić information content (AvgIpc) is 2.50. The Labute approximate surface area is 124 Å². The van der Waals surface area contributed by atoms with Crippen LogP contribution in [-0.4, -0.2) is 61.5 Å². The largest absolute Gasteiger partial charge is 0.409 e. The standard InChI is InChI=1S/C13H21N3O4S/c1-2-16(7-9-17)8-10-21(19,20)12-5-3-11(4-6-12)13(14)15-18/h3-6,17-18H,2,7-10H2,1H3,(H2,14,15). The maximum Gasteiger partial charge on any atom is 0.179 e. The van der Waals surface area contributed by atoms with Crippen LogP contribution in [0.2, 0.25) is 0 Å². The molecule has 1 aromatic rings. The Balaban J connectivity index is 2.79. The van der Waals surface area contributed by atoms with Crippen LogP contribution in [-0.2, 0) is 9.84 Å². The van der Waals surface area contributed by atoms with Crippen molar-refractivity contribution in [1.82, 2.24) is 4.90 Å². The van der Waals surface area contributed by atoms with Crippen LogP contribution in [0, 0.1) is 0 Å². The summed E-state index contributed by atoms with van der Waals surface area (Å²) in [7, 11) is -3.40. The molecule has 0 atom stereocenters. The van der Waals surface area contributed by atoms with Crippen LogP contribution in [0.3, 0.4) is 0 Å². The molecule has 0 unspecified atom stereocenters. The van der Waals surface area contributed by atoms with Crippen LogP contribution in [0.15, 0.2) is 34.3 Å². The van der Waals surface area contributed by atoms with Crippen LogP contribution in [0.1, 0.15) is 12.5 Å². The van der Waals surface area contributed by atoms with Crippen LogP contribution in [0.5, 0.6) is 0 Å². The molecule has 0 aliphatic heterocycles. The van der Waals surface area contributed by atoms with Gasteiger partial charge in [0, 0.05) is 18.7 Å². The topological polar surface area (TPSA) is 116 Å². The summed E-state index contributed by atoms with van der Waals surface area (Å²) < 4.78 is 24.4. The molecule has 0 fully saturated rings. The number of aliphatic hydroxyl groups excluding tert-OH is 1. The SMILES string of the molecule is CCN(CCO)CCS(=O)(=O)c1ccc(/C(N)=N/O)cc1. The van der Waals surface area contributed by atoms with Gasteiger partial charge in [0.1, 0.15) is 0 Å². The molecule has 0 radical (unpaired) electrons. The van der Waals surface area contributed by atoms with E-state index in [4.69, 9.17) is 16.0 Å². The summed E-state index contributed by atoms with van der Waals surface area (Å²) >= 11 is 0. The number of rotatable bonds is 8. The number of amidine groups is 1. The van der Waals surface area contributed by atoms with E-state index in [9.17, 15) is 8.42 Å². The van der Waals surface area contributed by atoms with Crippen LogP contribution in [0.4, 0.5) is 0 Å². The molecule has 0 saturated heterocycles. The number of sulfone groups is 1. The Morgan fingerprint density at radius 2 is 1.90 bits per heavy atom. The summed E-state index contributed by atoms with van der Waals surface area (Å²) in [6.07, 6.45) is 0. The fraction of sp³-hybridized carbons (Fsp3) is 0.462. The molecule has 1 aromatic carbocycles. The van der Waals surface area contributed by atoms with Crippen molar-refractivity contribution in [1.29, 1.82) is 0 Å². The van der Waals surface area contributed by atoms with Crippen LogP contribution in [0.25, 0.3) is 0 Å². The molecule has 0 heterocycles. The third kappa shape index (κ3) is 5.00. The Hall–Kier alpha value is -1.64. The molecule has 4 N–H and O–H groups in total. The van der Waals surface area contributed by atoms with E-state index in [1.165, 1.54) is 24.3 Å². The zero-order chi connectivity index (χ0) is 15.9. The van der Waals surface area contributed by atoms with Crippen molar-refractivity contribution < 1.29 is 18.7 Å². The van der Waals surface area contributed by atoms with E-state index in [0.717, 1.165) is 0 Å². The number of nitrogens with zero attached hydrogens (tertiary/aromatic N) is 2. The second-order valence-corrected chi connectivity index (χ2v) is 6.60. The molecule has 1 rings (SSSR count). The average molecular weight is 315 g/mol. The van der Waals surface area contributed by atoms with E-state index in [1.807, 2.05) is 11.8 Å². The predicted molar refractivity (Wildman–Crippen MR) is 80.2 cm³/mol. The number of hydrogen-bond acceptors (Lipinski definition) is 6. The molecular weight excluding hydrogens is 294 g/mol. The number of oxime groups is 1. The first-order chi connectivity index (χ1) is 9.94. The highest BCUT2D eigenvalue weighted by atomic mass is 32.2. The Morgan fingerprint density at radius 3 is 2.38 bits per heavy atom. The van der Waals surface area contributed by atoms with Gasteiger partial charge in [0.15, 0.2) is 15.7 Å². The minimum atomic E-state index is -3.40. The molecule has 0 bridgehead atoms. The quantitative estimate of drug-likeness (QED) is 0.266. The summed E-state index contributed by atoms with van der Waals surface area (Å²) in [6.45, 7) is 3.41. The van der Waals surface area contributed by atoms with E-state index in [0.29, 0.717) is 25.2 Å². The maximum absolute atomic E-state index is 12.2. The lowest BCUT2D eigenvalue weighted by atomic mass is 10.2. The summed E-state index contributed by atoms with van der Waals surface area (Å²) in [5.41, 5.74) is 5.87. The van der Waals surface area contributed by atoms with Gasteiger partial charge >= 0.3 is 0 Å². The molecule has 7 nitrogen and oxygen atoms in total. The van der Waals surface area contributed by atoms with E-state index in [-0.39, 0.29) is 23.1 Å². The van der Waals surface area contributed by atoms with Gasteiger partial charge in [-0.15, -0.1) is 0 Å². The molecule has 0 saturated carbocycles. The minimum absolute atomic E-state index is 0.00234. The van der Waals surface area contributed by atoms with Gasteiger partial charge in [-0.2, -0.15) is 0 Å². The zero-order valence-electron chi connectivity index (χ0n) is 11.9. The lowest BCUT2D eigenvalue weighted by Gasteiger charge is -2.18. The molecule has 8 heteroatoms. The van der Waals surface area contributed by atoms with Gasteiger partial charge in [0.25, 0.3) is 0 Å². The molecule has 118 valence electrons. The van der Waals surface area contributed by atoms with E-state index in [2.05, 4.69) is 5.16 Å². The lowest BCUT2D eigenvalue weighted by Crippen LogP contribution is -2.31. The number of nitrogens with two attached hydrogens (primary N) is 1. The molecule has 0 amide bonds. The normalized spacial score (nSPS) is 12.8. The van der Waals surface area contributed by atoms with Crippen molar-refractivity contribution in [3.8, 4) is 0 Å². The van der Waals surface area contributed by atoms with Gasteiger partial charge in [-0.25, -0.2) is 8.42 Å². The van der Waals surface area contributed by atoms with Crippen molar-refractivity contribution >= 4 is 15.7 Å². The second kappa shape index (κ2) is 7.96. The highest BCUT2D eigenvalue weighted by molar-refractivity contribution is 7.91. The highest BCUT2D eigenvalue weighted by Gasteiger charge is 2.16. The summed E-state index contributed by atoms with van der Waals surface area (Å²) in [5.74, 6) is -0.0944. The Kier molecular flexibility index (Phi) is 6.60. The van der Waals surface area contributed by atoms with Gasteiger partial charge in [0.05, 0.1) is 17.3 Å². The van der Waals surface area contributed by atoms with Gasteiger partial charge < -0.3 is 20.9 Å². The first kappa shape index (κ1) is 17.4. The fourth-order valence-electron chi connectivity index (χ4n) is 1.83. The van der Waals surface area contributed by atoms with E-state index in [1.54, 1.807) is 0 Å².